The summed E-state index contributed by atoms with van der Waals surface area (Å²) >= 11 is 7.42. The molecule has 35 heavy (non-hydrogen) atoms. The molecule has 3 heterocycles. The third kappa shape index (κ3) is 4.50. The number of carbonyl (C=O) groups is 1. The van der Waals surface area contributed by atoms with Crippen LogP contribution < -0.4 is 20.2 Å². The van der Waals surface area contributed by atoms with Crippen molar-refractivity contribution in [3.05, 3.63) is 114 Å². The number of benzene rings is 2. The zero-order chi connectivity index (χ0) is 24.5. The third-order valence-electron chi connectivity index (χ3n) is 5.75. The first kappa shape index (κ1) is 23.0. The van der Waals surface area contributed by atoms with Crippen LogP contribution in [0.1, 0.15) is 31.1 Å². The smallest absolute Gasteiger partial charge is 0.271 e. The van der Waals surface area contributed by atoms with Gasteiger partial charge in [0.25, 0.3) is 11.5 Å². The van der Waals surface area contributed by atoms with E-state index in [9.17, 15) is 9.59 Å². The first-order chi connectivity index (χ1) is 16.9. The summed E-state index contributed by atoms with van der Waals surface area (Å²) < 4.78 is 3.89. The molecule has 7 nitrogen and oxygen atoms in total. The topological polar surface area (TPSA) is 81.3 Å². The highest BCUT2D eigenvalue weighted by atomic mass is 35.5. The number of hydrogen-bond acceptors (Lipinski definition) is 5. The monoisotopic (exact) mass is 503 g/mol. The Balaban J connectivity index is 1.66. The minimum absolute atomic E-state index is 0.225. The van der Waals surface area contributed by atoms with Gasteiger partial charge in [0.2, 0.25) is 0 Å². The largest absolute Gasteiger partial charge is 0.322 e. The molecular weight excluding hydrogens is 482 g/mol. The van der Waals surface area contributed by atoms with E-state index < -0.39 is 6.04 Å². The second-order valence-corrected chi connectivity index (χ2v) is 9.50. The van der Waals surface area contributed by atoms with Gasteiger partial charge in [-0.1, -0.05) is 53.3 Å². The predicted molar refractivity (Wildman–Crippen MR) is 138 cm³/mol. The van der Waals surface area contributed by atoms with Crippen LogP contribution in [0.3, 0.4) is 0 Å². The summed E-state index contributed by atoms with van der Waals surface area (Å²) in [6, 6.07) is 17.6. The summed E-state index contributed by atoms with van der Waals surface area (Å²) in [6.45, 7) is 4.54. The average molecular weight is 504 g/mol. The van der Waals surface area contributed by atoms with Crippen molar-refractivity contribution in [2.75, 3.05) is 5.32 Å². The molecule has 176 valence electrons. The Hall–Kier alpha value is -3.75. The van der Waals surface area contributed by atoms with E-state index in [4.69, 9.17) is 11.6 Å². The van der Waals surface area contributed by atoms with E-state index in [0.29, 0.717) is 37.0 Å². The Morgan fingerprint density at radius 3 is 2.57 bits per heavy atom. The molecule has 0 spiro atoms. The number of carbonyl (C=O) groups excluding carboxylic acids is 1. The molecule has 1 atom stereocenters. The van der Waals surface area contributed by atoms with Gasteiger partial charge in [0.15, 0.2) is 4.80 Å². The Bertz CT molecular complexity index is 1610. The Kier molecular flexibility index (Phi) is 6.23. The highest BCUT2D eigenvalue weighted by Crippen LogP contribution is 2.31. The second kappa shape index (κ2) is 9.48. The van der Waals surface area contributed by atoms with Gasteiger partial charge in [-0.05, 0) is 55.8 Å². The summed E-state index contributed by atoms with van der Waals surface area (Å²) in [4.78, 5) is 32.3. The number of halogens is 1. The van der Waals surface area contributed by atoms with E-state index in [1.165, 1.54) is 11.3 Å². The Labute approximate surface area is 210 Å². The van der Waals surface area contributed by atoms with Crippen LogP contribution in [-0.4, -0.2) is 20.3 Å². The van der Waals surface area contributed by atoms with E-state index in [-0.39, 0.29) is 11.5 Å². The minimum atomic E-state index is -0.650. The number of rotatable bonds is 5. The van der Waals surface area contributed by atoms with E-state index in [0.717, 1.165) is 12.1 Å². The van der Waals surface area contributed by atoms with Crippen molar-refractivity contribution in [1.29, 1.82) is 0 Å². The number of aromatic nitrogens is 3. The molecule has 1 unspecified atom stereocenters. The fourth-order valence-electron chi connectivity index (χ4n) is 4.06. The van der Waals surface area contributed by atoms with Crippen molar-refractivity contribution in [2.45, 2.75) is 26.4 Å². The maximum atomic E-state index is 13.6. The number of fused-ring (bicyclic) bond motifs is 1. The lowest BCUT2D eigenvalue weighted by Crippen LogP contribution is -2.40. The van der Waals surface area contributed by atoms with Crippen molar-refractivity contribution >= 4 is 40.6 Å². The molecular formula is C26H22ClN5O2S. The standard InChI is InChI=1S/C26H22ClN5O2S/c1-3-31-14-13-20(30-31)15-21-25(34)32-23(17-9-11-18(27)12-10-17)22(16(2)28-26(32)35-21)24(33)29-19-7-5-4-6-8-19/h4-15,23H,3H2,1-2H3,(H,29,33)/b21-15+. The summed E-state index contributed by atoms with van der Waals surface area (Å²) in [5.41, 5.74) is 2.86. The first-order valence-corrected chi connectivity index (χ1v) is 12.3. The van der Waals surface area contributed by atoms with Gasteiger partial charge >= 0.3 is 0 Å². The second-order valence-electron chi connectivity index (χ2n) is 8.05. The summed E-state index contributed by atoms with van der Waals surface area (Å²) in [7, 11) is 0. The summed E-state index contributed by atoms with van der Waals surface area (Å²) in [6.07, 6.45) is 3.63. The van der Waals surface area contributed by atoms with Gasteiger partial charge in [-0.3, -0.25) is 18.8 Å². The van der Waals surface area contributed by atoms with Crippen LogP contribution in [0.4, 0.5) is 5.69 Å². The number of amides is 1. The van der Waals surface area contributed by atoms with Gasteiger partial charge in [-0.2, -0.15) is 5.10 Å². The van der Waals surface area contributed by atoms with Crippen molar-refractivity contribution in [3.63, 3.8) is 0 Å². The maximum Gasteiger partial charge on any atom is 0.271 e. The highest BCUT2D eigenvalue weighted by molar-refractivity contribution is 7.07. The molecule has 4 aromatic rings. The Morgan fingerprint density at radius 2 is 1.89 bits per heavy atom. The predicted octanol–water partition coefficient (Wildman–Crippen LogP) is 3.74. The van der Waals surface area contributed by atoms with Crippen LogP contribution in [0.5, 0.6) is 0 Å². The molecule has 0 fully saturated rings. The van der Waals surface area contributed by atoms with Gasteiger partial charge in [0.1, 0.15) is 0 Å². The maximum absolute atomic E-state index is 13.6. The number of aryl methyl sites for hydroxylation is 1. The van der Waals surface area contributed by atoms with Gasteiger partial charge in [-0.25, -0.2) is 4.99 Å². The fraction of sp³-hybridized carbons (Fsp3) is 0.154. The molecule has 1 aliphatic rings. The Morgan fingerprint density at radius 1 is 1.14 bits per heavy atom. The van der Waals surface area contributed by atoms with Crippen LogP contribution in [0.15, 0.2) is 87.9 Å². The van der Waals surface area contributed by atoms with Crippen LogP contribution >= 0.6 is 22.9 Å². The molecule has 9 heteroatoms. The SMILES string of the molecule is CCn1ccc(/C=c2/sc3n(c2=O)C(c2ccc(Cl)cc2)C(C(=O)Nc2ccccc2)=C(C)N=3)n1. The molecule has 0 bridgehead atoms. The zero-order valence-electron chi connectivity index (χ0n) is 19.1. The summed E-state index contributed by atoms with van der Waals surface area (Å²) in [5.74, 6) is -0.312. The van der Waals surface area contributed by atoms with Crippen molar-refractivity contribution in [2.24, 2.45) is 4.99 Å². The zero-order valence-corrected chi connectivity index (χ0v) is 20.7. The number of hydrogen-bond donors (Lipinski definition) is 1. The third-order valence-corrected chi connectivity index (χ3v) is 6.98. The van der Waals surface area contributed by atoms with Crippen LogP contribution in [0.2, 0.25) is 5.02 Å². The molecule has 0 saturated carbocycles. The number of nitrogens with one attached hydrogen (secondary N) is 1. The number of para-hydroxylation sites is 1. The van der Waals surface area contributed by atoms with Gasteiger partial charge in [0, 0.05) is 23.5 Å². The molecule has 1 N–H and O–H groups in total. The van der Waals surface area contributed by atoms with Gasteiger partial charge < -0.3 is 5.32 Å². The van der Waals surface area contributed by atoms with Crippen molar-refractivity contribution in [3.8, 4) is 0 Å². The lowest BCUT2D eigenvalue weighted by atomic mass is 9.95. The van der Waals surface area contributed by atoms with Crippen LogP contribution in [0, 0.1) is 0 Å². The highest BCUT2D eigenvalue weighted by Gasteiger charge is 2.32. The molecule has 0 radical (unpaired) electrons. The van der Waals surface area contributed by atoms with E-state index in [1.807, 2.05) is 61.7 Å². The number of anilines is 1. The molecule has 2 aromatic carbocycles. The van der Waals surface area contributed by atoms with Crippen molar-refractivity contribution in [1.82, 2.24) is 14.3 Å². The number of nitrogens with zero attached hydrogens (tertiary/aromatic N) is 4. The van der Waals surface area contributed by atoms with E-state index in [1.54, 1.807) is 34.4 Å². The fourth-order valence-corrected chi connectivity index (χ4v) is 5.21. The van der Waals surface area contributed by atoms with E-state index >= 15 is 0 Å². The van der Waals surface area contributed by atoms with Gasteiger partial charge in [-0.15, -0.1) is 0 Å². The van der Waals surface area contributed by atoms with Crippen LogP contribution in [-0.2, 0) is 11.3 Å². The normalized spacial score (nSPS) is 15.6. The lowest BCUT2D eigenvalue weighted by Gasteiger charge is -2.25. The number of thiazole rings is 1. The average Bonchev–Trinajstić information content (AvgIpc) is 3.43. The summed E-state index contributed by atoms with van der Waals surface area (Å²) in [5, 5.41) is 7.98. The quantitative estimate of drug-likeness (QED) is 0.450. The molecule has 2 aromatic heterocycles. The molecule has 1 amide bonds. The first-order valence-electron chi connectivity index (χ1n) is 11.1. The molecule has 0 aliphatic carbocycles. The molecule has 5 rings (SSSR count). The molecule has 0 saturated heterocycles. The number of allylic oxidation sites excluding steroid dienone is 1. The van der Waals surface area contributed by atoms with Crippen molar-refractivity contribution < 1.29 is 4.79 Å². The van der Waals surface area contributed by atoms with Crippen LogP contribution in [0.25, 0.3) is 6.08 Å². The minimum Gasteiger partial charge on any atom is -0.322 e. The lowest BCUT2D eigenvalue weighted by molar-refractivity contribution is -0.113. The van der Waals surface area contributed by atoms with Gasteiger partial charge in [0.05, 0.1) is 27.5 Å². The van der Waals surface area contributed by atoms with E-state index in [2.05, 4.69) is 15.4 Å². The molecule has 1 aliphatic heterocycles.